The maximum Gasteiger partial charge on any atom is 1.00 e. The van der Waals surface area contributed by atoms with E-state index in [1.807, 2.05) is 0 Å². The molecule has 0 spiro atoms. The normalized spacial score (nSPS) is 9.24. The third-order valence-corrected chi connectivity index (χ3v) is 2.81. The molecule has 0 rings (SSSR count). The number of rotatable bonds is 12. The summed E-state index contributed by atoms with van der Waals surface area (Å²) in [5.41, 5.74) is 0. The van der Waals surface area contributed by atoms with Crippen molar-refractivity contribution in [2.24, 2.45) is 0 Å². The Morgan fingerprint density at radius 1 is 0.952 bits per heavy atom. The number of unbranched alkanes of at least 4 members (excludes halogenated alkanes) is 8. The first-order chi connectivity index (χ1) is 9.54. The van der Waals surface area contributed by atoms with Crippen LogP contribution in [0.3, 0.4) is 0 Å². The average molecular weight is 311 g/mol. The third-order valence-electron chi connectivity index (χ3n) is 2.81. The van der Waals surface area contributed by atoms with E-state index in [4.69, 9.17) is 5.11 Å². The molecule has 0 aliphatic heterocycles. The standard InChI is InChI=1S/C12H24O2.C3H7NO2.Na/c1-2-3-4-5-6-7-8-9-10-11-12(13)14;1-4-2-3(5)6;/h2-11H2,1H3,(H,13,14);4H,2H2,1H3,(H,5,6);/q;;+1/p-1. The molecule has 0 aliphatic carbocycles. The molecule has 120 valence electrons. The summed E-state index contributed by atoms with van der Waals surface area (Å²) >= 11 is 0. The van der Waals surface area contributed by atoms with Crippen molar-refractivity contribution < 1.29 is 49.4 Å². The first kappa shape index (κ1) is 25.8. The van der Waals surface area contributed by atoms with Crippen LogP contribution in [0.25, 0.3) is 0 Å². The van der Waals surface area contributed by atoms with E-state index in [2.05, 4.69) is 12.2 Å². The largest absolute Gasteiger partial charge is 1.00 e. The summed E-state index contributed by atoms with van der Waals surface area (Å²) in [6, 6.07) is 0. The van der Waals surface area contributed by atoms with Gasteiger partial charge in [0.15, 0.2) is 0 Å². The molecule has 2 N–H and O–H groups in total. The van der Waals surface area contributed by atoms with Crippen LogP contribution in [0.5, 0.6) is 0 Å². The Hall–Kier alpha value is -0.100. The number of aliphatic carboxylic acids is 2. The van der Waals surface area contributed by atoms with Crippen LogP contribution in [-0.2, 0) is 9.59 Å². The SMILES string of the molecule is CCCCCCCCCCCC(=O)[O-].CNCC(=O)O.[Na+]. The molecular weight excluding hydrogens is 281 g/mol. The predicted molar refractivity (Wildman–Crippen MR) is 78.4 cm³/mol. The fraction of sp³-hybridized carbons (Fsp3) is 0.867. The van der Waals surface area contributed by atoms with Crippen LogP contribution in [0.15, 0.2) is 0 Å². The first-order valence-electron chi connectivity index (χ1n) is 7.60. The van der Waals surface area contributed by atoms with E-state index in [1.165, 1.54) is 44.9 Å². The van der Waals surface area contributed by atoms with Gasteiger partial charge in [-0.2, -0.15) is 0 Å². The summed E-state index contributed by atoms with van der Waals surface area (Å²) < 4.78 is 0. The Kier molecular flexibility index (Phi) is 27.3. The number of nitrogens with one attached hydrogen (secondary N) is 1. The average Bonchev–Trinajstić information content (AvgIpc) is 2.37. The Balaban J connectivity index is -0.000000394. The van der Waals surface area contributed by atoms with Gasteiger partial charge in [0.1, 0.15) is 0 Å². The van der Waals surface area contributed by atoms with Crippen LogP contribution in [0.2, 0.25) is 0 Å². The second-order valence-electron chi connectivity index (χ2n) is 4.87. The number of carbonyl (C=O) groups is 2. The maximum absolute atomic E-state index is 10.1. The molecular formula is C15H30NNaO4. The number of hydrogen-bond acceptors (Lipinski definition) is 4. The van der Waals surface area contributed by atoms with E-state index >= 15 is 0 Å². The van der Waals surface area contributed by atoms with E-state index in [1.54, 1.807) is 7.05 Å². The topological polar surface area (TPSA) is 89.5 Å². The van der Waals surface area contributed by atoms with Gasteiger partial charge in [0.2, 0.25) is 0 Å². The van der Waals surface area contributed by atoms with E-state index < -0.39 is 11.9 Å². The molecule has 0 heterocycles. The van der Waals surface area contributed by atoms with E-state index in [-0.39, 0.29) is 42.5 Å². The van der Waals surface area contributed by atoms with Crippen molar-refractivity contribution in [3.8, 4) is 0 Å². The van der Waals surface area contributed by atoms with E-state index in [0.29, 0.717) is 0 Å². The van der Waals surface area contributed by atoms with Gasteiger partial charge < -0.3 is 20.3 Å². The summed E-state index contributed by atoms with van der Waals surface area (Å²) in [5.74, 6) is -1.73. The zero-order valence-electron chi connectivity index (χ0n) is 14.0. The molecule has 0 radical (unpaired) electrons. The molecule has 0 saturated carbocycles. The van der Waals surface area contributed by atoms with Gasteiger partial charge in [0, 0.05) is 5.97 Å². The van der Waals surface area contributed by atoms with Crippen molar-refractivity contribution in [2.75, 3.05) is 13.6 Å². The van der Waals surface area contributed by atoms with Crippen molar-refractivity contribution in [1.82, 2.24) is 5.32 Å². The van der Waals surface area contributed by atoms with Crippen LogP contribution in [-0.4, -0.2) is 30.6 Å². The first-order valence-corrected chi connectivity index (χ1v) is 7.60. The molecule has 6 heteroatoms. The van der Waals surface area contributed by atoms with E-state index in [0.717, 1.165) is 12.8 Å². The number of carbonyl (C=O) groups excluding carboxylic acids is 1. The zero-order chi connectivity index (χ0) is 15.6. The summed E-state index contributed by atoms with van der Waals surface area (Å²) in [5, 5.41) is 20.4. The van der Waals surface area contributed by atoms with E-state index in [9.17, 15) is 14.7 Å². The van der Waals surface area contributed by atoms with Crippen LogP contribution in [0.1, 0.15) is 71.1 Å². The van der Waals surface area contributed by atoms with Crippen molar-refractivity contribution in [2.45, 2.75) is 71.1 Å². The van der Waals surface area contributed by atoms with Crippen LogP contribution in [0, 0.1) is 0 Å². The fourth-order valence-electron chi connectivity index (χ4n) is 1.73. The van der Waals surface area contributed by atoms with Gasteiger partial charge in [0.25, 0.3) is 0 Å². The van der Waals surface area contributed by atoms with Gasteiger partial charge in [-0.3, -0.25) is 4.79 Å². The molecule has 0 unspecified atom stereocenters. The summed E-state index contributed by atoms with van der Waals surface area (Å²) in [7, 11) is 1.59. The molecule has 21 heavy (non-hydrogen) atoms. The minimum atomic E-state index is -0.909. The smallest absolute Gasteiger partial charge is 0.550 e. The molecule has 0 atom stereocenters. The van der Waals surface area contributed by atoms with Crippen LogP contribution in [0.4, 0.5) is 0 Å². The van der Waals surface area contributed by atoms with Gasteiger partial charge in [-0.1, -0.05) is 58.3 Å². The van der Waals surface area contributed by atoms with Gasteiger partial charge in [0.05, 0.1) is 6.54 Å². The zero-order valence-corrected chi connectivity index (χ0v) is 16.0. The van der Waals surface area contributed by atoms with Crippen LogP contribution >= 0.6 is 0 Å². The van der Waals surface area contributed by atoms with Gasteiger partial charge in [-0.05, 0) is 19.9 Å². The third kappa shape index (κ3) is 33.0. The molecule has 0 aromatic heterocycles. The monoisotopic (exact) mass is 311 g/mol. The minimum absolute atomic E-state index is 0. The molecule has 0 bridgehead atoms. The number of carboxylic acids is 2. The molecule has 0 amide bonds. The van der Waals surface area contributed by atoms with Crippen molar-refractivity contribution in [1.29, 1.82) is 0 Å². The molecule has 0 aromatic carbocycles. The quantitative estimate of drug-likeness (QED) is 0.355. The van der Waals surface area contributed by atoms with Crippen molar-refractivity contribution >= 4 is 11.9 Å². The minimum Gasteiger partial charge on any atom is -0.550 e. The Labute approximate surface area is 151 Å². The Morgan fingerprint density at radius 3 is 1.67 bits per heavy atom. The van der Waals surface area contributed by atoms with Gasteiger partial charge in [-0.15, -0.1) is 0 Å². The fourth-order valence-corrected chi connectivity index (χ4v) is 1.73. The maximum atomic E-state index is 10.1. The second kappa shape index (κ2) is 22.2. The summed E-state index contributed by atoms with van der Waals surface area (Å²) in [6.45, 7) is 2.26. The predicted octanol–water partition coefficient (Wildman–Crippen LogP) is -1.05. The van der Waals surface area contributed by atoms with Gasteiger partial charge >= 0.3 is 35.5 Å². The van der Waals surface area contributed by atoms with Crippen molar-refractivity contribution in [3.05, 3.63) is 0 Å². The molecule has 5 nitrogen and oxygen atoms in total. The summed E-state index contributed by atoms with van der Waals surface area (Å²) in [6.07, 6.45) is 11.2. The van der Waals surface area contributed by atoms with Crippen molar-refractivity contribution in [3.63, 3.8) is 0 Å². The molecule has 0 saturated heterocycles. The number of likely N-dealkylation sites (N-methyl/N-ethyl adjacent to an activating group) is 1. The van der Waals surface area contributed by atoms with Gasteiger partial charge in [-0.25, -0.2) is 0 Å². The number of hydrogen-bond donors (Lipinski definition) is 2. The Morgan fingerprint density at radius 2 is 1.38 bits per heavy atom. The molecule has 0 aromatic rings. The Bertz CT molecular complexity index is 238. The summed E-state index contributed by atoms with van der Waals surface area (Å²) in [4.78, 5) is 19.6. The molecule has 0 fully saturated rings. The van der Waals surface area contributed by atoms with Crippen LogP contribution < -0.4 is 40.0 Å². The number of carboxylic acid groups (broad SMARTS) is 2. The second-order valence-corrected chi connectivity index (χ2v) is 4.87. The molecule has 0 aliphatic rings.